The third kappa shape index (κ3) is 3.31. The van der Waals surface area contributed by atoms with Gasteiger partial charge >= 0.3 is 0 Å². The van der Waals surface area contributed by atoms with Crippen molar-refractivity contribution in [2.45, 2.75) is 26.2 Å². The molecule has 2 rings (SSSR count). The molecule has 4 heteroatoms. The van der Waals surface area contributed by atoms with Crippen LogP contribution in [0.4, 0.5) is 5.69 Å². The summed E-state index contributed by atoms with van der Waals surface area (Å²) in [5.74, 6) is 0.443. The maximum atomic E-state index is 12.2. The summed E-state index contributed by atoms with van der Waals surface area (Å²) in [7, 11) is 1.85. The fourth-order valence-electron chi connectivity index (χ4n) is 2.08. The summed E-state index contributed by atoms with van der Waals surface area (Å²) in [5, 5.41) is 2.92. The molecule has 0 bridgehead atoms. The molecule has 0 saturated heterocycles. The summed E-state index contributed by atoms with van der Waals surface area (Å²) in [6.45, 7) is 4.38. The average molecular weight is 335 g/mol. The van der Waals surface area contributed by atoms with E-state index in [2.05, 4.69) is 47.2 Å². The normalized spacial score (nSPS) is 12.2. The predicted octanol–water partition coefficient (Wildman–Crippen LogP) is 4.55. The molecule has 1 aromatic heterocycles. The molecule has 3 nitrogen and oxygen atoms in total. The molecule has 20 heavy (non-hydrogen) atoms. The molecular weight excluding hydrogens is 316 g/mol. The van der Waals surface area contributed by atoms with Crippen LogP contribution in [0.3, 0.4) is 0 Å². The van der Waals surface area contributed by atoms with Crippen molar-refractivity contribution in [2.75, 3.05) is 5.32 Å². The summed E-state index contributed by atoms with van der Waals surface area (Å²) in [6, 6.07) is 9.87. The lowest BCUT2D eigenvalue weighted by Gasteiger charge is -2.10. The van der Waals surface area contributed by atoms with Crippen molar-refractivity contribution < 1.29 is 4.79 Å². The van der Waals surface area contributed by atoms with E-state index >= 15 is 0 Å². The number of hydrogen-bond donors (Lipinski definition) is 1. The molecule has 0 fully saturated rings. The number of hydrogen-bond acceptors (Lipinski definition) is 1. The largest absolute Gasteiger partial charge is 0.345 e. The number of carbonyl (C=O) groups excluding carboxylic acids is 1. The second-order valence-corrected chi connectivity index (χ2v) is 5.96. The summed E-state index contributed by atoms with van der Waals surface area (Å²) < 4.78 is 2.70. The van der Waals surface area contributed by atoms with Crippen LogP contribution < -0.4 is 5.32 Å². The Labute approximate surface area is 128 Å². The number of anilines is 1. The molecule has 0 aliphatic carbocycles. The molecule has 1 amide bonds. The lowest BCUT2D eigenvalue weighted by Crippen LogP contribution is -2.15. The predicted molar refractivity (Wildman–Crippen MR) is 86.2 cm³/mol. The highest BCUT2D eigenvalue weighted by molar-refractivity contribution is 9.10. The molecule has 2 aromatic rings. The van der Waals surface area contributed by atoms with Crippen LogP contribution in [0.5, 0.6) is 0 Å². The molecule has 106 valence electrons. The van der Waals surface area contributed by atoms with Gasteiger partial charge in [-0.05, 0) is 52.0 Å². The van der Waals surface area contributed by atoms with E-state index < -0.39 is 0 Å². The highest BCUT2D eigenvalue weighted by Gasteiger charge is 2.11. The highest BCUT2D eigenvalue weighted by Crippen LogP contribution is 2.21. The molecule has 1 heterocycles. The number of amides is 1. The van der Waals surface area contributed by atoms with E-state index in [0.717, 1.165) is 16.6 Å². The third-order valence-corrected chi connectivity index (χ3v) is 3.99. The quantitative estimate of drug-likeness (QED) is 0.874. The highest BCUT2D eigenvalue weighted by atomic mass is 79.9. The van der Waals surface area contributed by atoms with Gasteiger partial charge in [0.15, 0.2) is 0 Å². The van der Waals surface area contributed by atoms with Crippen LogP contribution in [0, 0.1) is 0 Å². The number of halogens is 1. The van der Waals surface area contributed by atoms with E-state index in [1.54, 1.807) is 4.57 Å². The van der Waals surface area contributed by atoms with Crippen LogP contribution in [0.15, 0.2) is 41.0 Å². The molecule has 0 aliphatic rings. The molecule has 1 aromatic carbocycles. The van der Waals surface area contributed by atoms with Crippen molar-refractivity contribution in [3.63, 3.8) is 0 Å². The zero-order valence-corrected chi connectivity index (χ0v) is 13.6. The van der Waals surface area contributed by atoms with Crippen LogP contribution in [-0.2, 0) is 7.05 Å². The smallest absolute Gasteiger partial charge is 0.272 e. The Morgan fingerprint density at radius 1 is 1.35 bits per heavy atom. The van der Waals surface area contributed by atoms with E-state index in [0.29, 0.717) is 11.6 Å². The fraction of sp³-hybridized carbons (Fsp3) is 0.312. The lowest BCUT2D eigenvalue weighted by molar-refractivity contribution is 0.101. The summed E-state index contributed by atoms with van der Waals surface area (Å²) in [6.07, 6.45) is 2.98. The van der Waals surface area contributed by atoms with Gasteiger partial charge in [-0.1, -0.05) is 26.0 Å². The van der Waals surface area contributed by atoms with Crippen molar-refractivity contribution in [2.24, 2.45) is 7.05 Å². The van der Waals surface area contributed by atoms with Gasteiger partial charge in [0.05, 0.1) is 0 Å². The molecule has 0 aliphatic heterocycles. The summed E-state index contributed by atoms with van der Waals surface area (Å²) in [5.41, 5.74) is 2.74. The monoisotopic (exact) mass is 334 g/mol. The fourth-order valence-corrected chi connectivity index (χ4v) is 2.60. The Balaban J connectivity index is 2.10. The van der Waals surface area contributed by atoms with Crippen LogP contribution in [0.1, 0.15) is 42.2 Å². The van der Waals surface area contributed by atoms with Gasteiger partial charge in [0.2, 0.25) is 0 Å². The van der Waals surface area contributed by atoms with E-state index in [-0.39, 0.29) is 5.91 Å². The Morgan fingerprint density at radius 2 is 2.00 bits per heavy atom. The van der Waals surface area contributed by atoms with Crippen molar-refractivity contribution in [1.29, 1.82) is 0 Å². The second-order valence-electron chi connectivity index (χ2n) is 5.04. The molecule has 0 radical (unpaired) electrons. The van der Waals surface area contributed by atoms with Crippen molar-refractivity contribution in [3.05, 3.63) is 52.3 Å². The Bertz CT molecular complexity index is 601. The molecule has 0 spiro atoms. The number of aryl methyl sites for hydroxylation is 1. The Hall–Kier alpha value is -1.55. The molecule has 0 saturated carbocycles. The van der Waals surface area contributed by atoms with Gasteiger partial charge in [0.25, 0.3) is 5.91 Å². The topological polar surface area (TPSA) is 34.0 Å². The summed E-state index contributed by atoms with van der Waals surface area (Å²) in [4.78, 5) is 12.2. The van der Waals surface area contributed by atoms with E-state index in [4.69, 9.17) is 0 Å². The van der Waals surface area contributed by atoms with Crippen LogP contribution in [-0.4, -0.2) is 10.5 Å². The van der Waals surface area contributed by atoms with E-state index in [1.165, 1.54) is 5.56 Å². The SMILES string of the molecule is CCC(C)c1ccc(NC(=O)c2cc(Br)cn2C)cc1. The first-order valence-electron chi connectivity index (χ1n) is 6.74. The van der Waals surface area contributed by atoms with Crippen LogP contribution in [0.25, 0.3) is 0 Å². The number of nitrogens with one attached hydrogen (secondary N) is 1. The van der Waals surface area contributed by atoms with Gasteiger partial charge in [0.1, 0.15) is 5.69 Å². The maximum absolute atomic E-state index is 12.2. The van der Waals surface area contributed by atoms with Crippen molar-refractivity contribution >= 4 is 27.5 Å². The number of nitrogens with zero attached hydrogens (tertiary/aromatic N) is 1. The van der Waals surface area contributed by atoms with E-state index in [1.807, 2.05) is 31.4 Å². The second kappa shape index (κ2) is 6.27. The Morgan fingerprint density at radius 3 is 2.50 bits per heavy atom. The number of aromatic nitrogens is 1. The molecule has 1 atom stereocenters. The third-order valence-electron chi connectivity index (χ3n) is 3.55. The maximum Gasteiger partial charge on any atom is 0.272 e. The number of benzene rings is 1. The van der Waals surface area contributed by atoms with Crippen molar-refractivity contribution in [1.82, 2.24) is 4.57 Å². The molecule has 1 unspecified atom stereocenters. The van der Waals surface area contributed by atoms with Gasteiger partial charge in [0, 0.05) is 23.4 Å². The van der Waals surface area contributed by atoms with Gasteiger partial charge in [-0.25, -0.2) is 0 Å². The zero-order valence-electron chi connectivity index (χ0n) is 12.0. The minimum atomic E-state index is -0.102. The minimum absolute atomic E-state index is 0.102. The Kier molecular flexibility index (Phi) is 4.65. The van der Waals surface area contributed by atoms with Crippen LogP contribution in [0.2, 0.25) is 0 Å². The minimum Gasteiger partial charge on any atom is -0.345 e. The summed E-state index contributed by atoms with van der Waals surface area (Å²) >= 11 is 3.37. The standard InChI is InChI=1S/C16H19BrN2O/c1-4-11(2)12-5-7-14(8-6-12)18-16(20)15-9-13(17)10-19(15)3/h5-11H,4H2,1-3H3,(H,18,20). The molecular formula is C16H19BrN2O. The van der Waals surface area contributed by atoms with Crippen LogP contribution >= 0.6 is 15.9 Å². The number of carbonyl (C=O) groups is 1. The number of rotatable bonds is 4. The average Bonchev–Trinajstić information content (AvgIpc) is 2.78. The molecule has 1 N–H and O–H groups in total. The zero-order chi connectivity index (χ0) is 14.7. The van der Waals surface area contributed by atoms with E-state index in [9.17, 15) is 4.79 Å². The first-order chi connectivity index (χ1) is 9.51. The first-order valence-corrected chi connectivity index (χ1v) is 7.53. The first kappa shape index (κ1) is 14.9. The van der Waals surface area contributed by atoms with Crippen molar-refractivity contribution in [3.8, 4) is 0 Å². The van der Waals surface area contributed by atoms with Gasteiger partial charge in [-0.2, -0.15) is 0 Å². The lowest BCUT2D eigenvalue weighted by atomic mass is 9.99. The van der Waals surface area contributed by atoms with Gasteiger partial charge in [-0.15, -0.1) is 0 Å². The van der Waals surface area contributed by atoms with Gasteiger partial charge in [-0.3, -0.25) is 4.79 Å². The van der Waals surface area contributed by atoms with Gasteiger partial charge < -0.3 is 9.88 Å².